The number of rotatable bonds is 3. The summed E-state index contributed by atoms with van der Waals surface area (Å²) < 4.78 is 4.56. The van der Waals surface area contributed by atoms with E-state index in [1.165, 1.54) is 13.2 Å². The van der Waals surface area contributed by atoms with Crippen LogP contribution >= 0.6 is 0 Å². The molecule has 2 atom stereocenters. The number of hydrogen-bond acceptors (Lipinski definition) is 3. The summed E-state index contributed by atoms with van der Waals surface area (Å²) in [5.41, 5.74) is 0.0842. The lowest BCUT2D eigenvalue weighted by Crippen LogP contribution is -2.24. The van der Waals surface area contributed by atoms with E-state index < -0.39 is 0 Å². The van der Waals surface area contributed by atoms with Crippen LogP contribution in [0.25, 0.3) is 0 Å². The van der Waals surface area contributed by atoms with Crippen LogP contribution in [0.5, 0.6) is 0 Å². The van der Waals surface area contributed by atoms with Crippen LogP contribution in [0.15, 0.2) is 12.2 Å². The molecule has 0 heterocycles. The van der Waals surface area contributed by atoms with Gasteiger partial charge in [0.25, 0.3) is 0 Å². The smallest absolute Gasteiger partial charge is 0.330 e. The van der Waals surface area contributed by atoms with Gasteiger partial charge in [0.2, 0.25) is 0 Å². The number of carbonyl (C=O) groups is 2. The van der Waals surface area contributed by atoms with Crippen molar-refractivity contribution in [2.24, 2.45) is 17.3 Å². The average Bonchev–Trinajstić information content (AvgIpc) is 2.50. The Balaban J connectivity index is 2.83. The van der Waals surface area contributed by atoms with E-state index >= 15 is 0 Å². The third-order valence-corrected chi connectivity index (χ3v) is 3.60. The van der Waals surface area contributed by atoms with E-state index in [-0.39, 0.29) is 29.0 Å². The minimum absolute atomic E-state index is 0.0518. The summed E-state index contributed by atoms with van der Waals surface area (Å²) in [6, 6.07) is 0. The molecule has 1 fully saturated rings. The predicted molar refractivity (Wildman–Crippen MR) is 61.8 cm³/mol. The number of carbonyl (C=O) groups excluding carboxylic acids is 2. The van der Waals surface area contributed by atoms with Gasteiger partial charge in [0.15, 0.2) is 0 Å². The predicted octanol–water partition coefficient (Wildman–Crippen LogP) is 2.36. The van der Waals surface area contributed by atoms with Crippen LogP contribution in [0.1, 0.15) is 33.6 Å². The summed E-state index contributed by atoms with van der Waals surface area (Å²) in [5.74, 6) is 0.0510. The number of ether oxygens (including phenoxy) is 1. The van der Waals surface area contributed by atoms with Gasteiger partial charge in [0.05, 0.1) is 7.11 Å². The first kappa shape index (κ1) is 12.9. The van der Waals surface area contributed by atoms with Crippen LogP contribution < -0.4 is 0 Å². The molecule has 0 saturated heterocycles. The molecule has 1 aliphatic rings. The third-order valence-electron chi connectivity index (χ3n) is 3.60. The molecule has 1 aliphatic carbocycles. The van der Waals surface area contributed by atoms with E-state index in [0.29, 0.717) is 0 Å². The highest BCUT2D eigenvalue weighted by Gasteiger charge is 2.42. The van der Waals surface area contributed by atoms with Gasteiger partial charge in [-0.15, -0.1) is 0 Å². The van der Waals surface area contributed by atoms with Crippen molar-refractivity contribution in [1.29, 1.82) is 0 Å². The van der Waals surface area contributed by atoms with Crippen molar-refractivity contribution in [3.8, 4) is 0 Å². The molecule has 0 radical (unpaired) electrons. The van der Waals surface area contributed by atoms with Gasteiger partial charge in [0.1, 0.15) is 5.78 Å². The summed E-state index contributed by atoms with van der Waals surface area (Å²) in [6.07, 6.45) is 5.21. The summed E-state index contributed by atoms with van der Waals surface area (Å²) in [6.45, 7) is 5.91. The molecule has 0 amide bonds. The van der Waals surface area contributed by atoms with Crippen LogP contribution in [0.2, 0.25) is 0 Å². The Morgan fingerprint density at radius 3 is 2.50 bits per heavy atom. The molecule has 0 spiro atoms. The number of esters is 1. The van der Waals surface area contributed by atoms with E-state index in [4.69, 9.17) is 0 Å². The molecule has 3 nitrogen and oxygen atoms in total. The molecule has 0 aromatic rings. The highest BCUT2D eigenvalue weighted by Crippen LogP contribution is 2.47. The minimum atomic E-state index is -0.356. The number of hydrogen-bond donors (Lipinski definition) is 0. The average molecular weight is 224 g/mol. The monoisotopic (exact) mass is 224 g/mol. The van der Waals surface area contributed by atoms with E-state index in [0.717, 1.165) is 12.8 Å². The Hall–Kier alpha value is -1.12. The van der Waals surface area contributed by atoms with Gasteiger partial charge >= 0.3 is 5.97 Å². The molecule has 16 heavy (non-hydrogen) atoms. The zero-order valence-electron chi connectivity index (χ0n) is 10.4. The molecule has 1 saturated carbocycles. The van der Waals surface area contributed by atoms with Gasteiger partial charge < -0.3 is 4.74 Å². The molecule has 0 aliphatic heterocycles. The summed E-state index contributed by atoms with van der Waals surface area (Å²) in [4.78, 5) is 22.6. The van der Waals surface area contributed by atoms with Crippen molar-refractivity contribution in [3.63, 3.8) is 0 Å². The van der Waals surface area contributed by atoms with Crippen molar-refractivity contribution in [2.45, 2.75) is 33.6 Å². The first-order valence-electron chi connectivity index (χ1n) is 5.65. The van der Waals surface area contributed by atoms with Crippen molar-refractivity contribution in [3.05, 3.63) is 12.2 Å². The maximum atomic E-state index is 11.5. The maximum absolute atomic E-state index is 11.5. The second kappa shape index (κ2) is 4.81. The van der Waals surface area contributed by atoms with Crippen LogP contribution in [0.4, 0.5) is 0 Å². The van der Waals surface area contributed by atoms with Crippen LogP contribution in [0.3, 0.4) is 0 Å². The van der Waals surface area contributed by atoms with Gasteiger partial charge in [-0.25, -0.2) is 4.79 Å². The molecule has 0 unspecified atom stereocenters. The summed E-state index contributed by atoms with van der Waals surface area (Å²) in [5, 5.41) is 0. The van der Waals surface area contributed by atoms with Gasteiger partial charge in [-0.05, 0) is 31.1 Å². The normalized spacial score (nSPS) is 28.2. The van der Waals surface area contributed by atoms with Gasteiger partial charge in [-0.1, -0.05) is 19.9 Å². The van der Waals surface area contributed by atoms with Gasteiger partial charge in [0, 0.05) is 12.0 Å². The van der Waals surface area contributed by atoms with Crippen LogP contribution in [-0.2, 0) is 14.3 Å². The second-order valence-corrected chi connectivity index (χ2v) is 5.15. The fraction of sp³-hybridized carbons (Fsp3) is 0.692. The summed E-state index contributed by atoms with van der Waals surface area (Å²) >= 11 is 0. The Labute approximate surface area is 96.9 Å². The van der Waals surface area contributed by atoms with Crippen molar-refractivity contribution >= 4 is 11.8 Å². The zero-order chi connectivity index (χ0) is 12.3. The highest BCUT2D eigenvalue weighted by atomic mass is 16.5. The Morgan fingerprint density at radius 2 is 2.00 bits per heavy atom. The fourth-order valence-electron chi connectivity index (χ4n) is 2.52. The van der Waals surface area contributed by atoms with Gasteiger partial charge in [-0.3, -0.25) is 4.79 Å². The standard InChI is InChI=1S/C13H20O3/c1-9(14)10-7-8-13(2,3)11(10)5-6-12(15)16-4/h5-6,10-11H,7-8H2,1-4H3/b6-5+/t10-,11+/m1/s1. The first-order valence-corrected chi connectivity index (χ1v) is 5.65. The van der Waals surface area contributed by atoms with E-state index in [1.54, 1.807) is 6.92 Å². The number of Topliss-reactive ketones (excluding diaryl/α,β-unsaturated/α-hetero) is 1. The Kier molecular flexibility index (Phi) is 3.89. The maximum Gasteiger partial charge on any atom is 0.330 e. The van der Waals surface area contributed by atoms with Crippen LogP contribution in [0, 0.1) is 17.3 Å². The molecular weight excluding hydrogens is 204 g/mol. The molecular formula is C13H20O3. The van der Waals surface area contributed by atoms with Crippen molar-refractivity contribution in [1.82, 2.24) is 0 Å². The Morgan fingerprint density at radius 1 is 1.38 bits per heavy atom. The van der Waals surface area contributed by atoms with Crippen LogP contribution in [-0.4, -0.2) is 18.9 Å². The molecule has 0 N–H and O–H groups in total. The molecule has 1 rings (SSSR count). The first-order chi connectivity index (χ1) is 7.38. The molecule has 90 valence electrons. The lowest BCUT2D eigenvalue weighted by molar-refractivity contribution is -0.135. The SMILES string of the molecule is COC(=O)/C=C/[C@H]1[C@@H](C(C)=O)CCC1(C)C. The molecule has 0 bridgehead atoms. The fourth-order valence-corrected chi connectivity index (χ4v) is 2.52. The highest BCUT2D eigenvalue weighted by molar-refractivity contribution is 5.82. The molecule has 3 heteroatoms. The number of allylic oxidation sites excluding steroid dienone is 1. The third kappa shape index (κ3) is 2.71. The zero-order valence-corrected chi connectivity index (χ0v) is 10.4. The lowest BCUT2D eigenvalue weighted by atomic mass is 9.77. The van der Waals surface area contributed by atoms with E-state index in [2.05, 4.69) is 18.6 Å². The van der Waals surface area contributed by atoms with E-state index in [1.807, 2.05) is 6.08 Å². The molecule has 0 aromatic heterocycles. The summed E-state index contributed by atoms with van der Waals surface area (Å²) in [7, 11) is 1.36. The molecule has 0 aromatic carbocycles. The van der Waals surface area contributed by atoms with E-state index in [9.17, 15) is 9.59 Å². The second-order valence-electron chi connectivity index (χ2n) is 5.15. The Bertz CT molecular complexity index is 315. The lowest BCUT2D eigenvalue weighted by Gasteiger charge is -2.26. The largest absolute Gasteiger partial charge is 0.466 e. The van der Waals surface area contributed by atoms with Crippen molar-refractivity contribution < 1.29 is 14.3 Å². The minimum Gasteiger partial charge on any atom is -0.466 e. The van der Waals surface area contributed by atoms with Crippen molar-refractivity contribution in [2.75, 3.05) is 7.11 Å². The number of methoxy groups -OCH3 is 1. The quantitative estimate of drug-likeness (QED) is 0.546. The number of ketones is 1. The topological polar surface area (TPSA) is 43.4 Å². The van der Waals surface area contributed by atoms with Gasteiger partial charge in [-0.2, -0.15) is 0 Å².